The zero-order valence-corrected chi connectivity index (χ0v) is 13.9. The Balaban J connectivity index is 2.09. The highest BCUT2D eigenvalue weighted by molar-refractivity contribution is 6.53. The third kappa shape index (κ3) is 2.73. The maximum atomic E-state index is 12.4. The van der Waals surface area contributed by atoms with Crippen molar-refractivity contribution in [2.75, 3.05) is 17.2 Å². The normalized spacial score (nSPS) is 13.1. The molecule has 0 atom stereocenters. The van der Waals surface area contributed by atoms with Crippen LogP contribution < -0.4 is 10.6 Å². The molecule has 0 radical (unpaired) electrons. The number of nitrogen functional groups attached to an aromatic ring is 1. The van der Waals surface area contributed by atoms with Crippen LogP contribution in [-0.2, 0) is 16.1 Å². The molecule has 128 valence electrons. The molecule has 2 heterocycles. The van der Waals surface area contributed by atoms with E-state index in [0.29, 0.717) is 5.69 Å². The number of benzene rings is 1. The second-order valence-corrected chi connectivity index (χ2v) is 5.61. The predicted octanol–water partition coefficient (Wildman–Crippen LogP) is 1.88. The molecule has 0 spiro atoms. The van der Waals surface area contributed by atoms with Crippen LogP contribution >= 0.6 is 0 Å². The number of fused-ring (bicyclic) bond motifs is 1. The van der Waals surface area contributed by atoms with E-state index in [2.05, 4.69) is 4.98 Å². The first-order valence-corrected chi connectivity index (χ1v) is 7.83. The van der Waals surface area contributed by atoms with Gasteiger partial charge in [0, 0.05) is 0 Å². The van der Waals surface area contributed by atoms with Crippen LogP contribution in [0.15, 0.2) is 30.3 Å². The molecular formula is C18H17N3O4. The Morgan fingerprint density at radius 1 is 1.24 bits per heavy atom. The lowest BCUT2D eigenvalue weighted by Crippen LogP contribution is -2.29. The number of aromatic nitrogens is 1. The van der Waals surface area contributed by atoms with Gasteiger partial charge < -0.3 is 10.5 Å². The van der Waals surface area contributed by atoms with Crippen molar-refractivity contribution in [2.24, 2.45) is 0 Å². The number of anilines is 2. The number of carbonyl (C=O) groups is 3. The topological polar surface area (TPSA) is 103 Å². The minimum absolute atomic E-state index is 0.0308. The van der Waals surface area contributed by atoms with Gasteiger partial charge in [-0.3, -0.25) is 14.5 Å². The molecule has 0 bridgehead atoms. The van der Waals surface area contributed by atoms with Gasteiger partial charge in [-0.05, 0) is 19.4 Å². The van der Waals surface area contributed by atoms with Crippen LogP contribution in [0.4, 0.5) is 11.5 Å². The van der Waals surface area contributed by atoms with Crippen molar-refractivity contribution in [2.45, 2.75) is 20.4 Å². The summed E-state index contributed by atoms with van der Waals surface area (Å²) in [6, 6.07) is 9.24. The van der Waals surface area contributed by atoms with E-state index < -0.39 is 17.7 Å². The summed E-state index contributed by atoms with van der Waals surface area (Å²) in [4.78, 5) is 42.5. The summed E-state index contributed by atoms with van der Waals surface area (Å²) < 4.78 is 4.97. The predicted molar refractivity (Wildman–Crippen MR) is 91.3 cm³/mol. The highest BCUT2D eigenvalue weighted by Gasteiger charge is 2.41. The second-order valence-electron chi connectivity index (χ2n) is 5.61. The first-order valence-electron chi connectivity index (χ1n) is 7.83. The van der Waals surface area contributed by atoms with E-state index in [1.54, 1.807) is 13.8 Å². The maximum absolute atomic E-state index is 12.4. The van der Waals surface area contributed by atoms with Crippen molar-refractivity contribution in [1.82, 2.24) is 4.98 Å². The van der Waals surface area contributed by atoms with E-state index in [1.165, 1.54) is 4.90 Å². The quantitative estimate of drug-likeness (QED) is 0.674. The average Bonchev–Trinajstić information content (AvgIpc) is 2.81. The molecule has 3 rings (SSSR count). The van der Waals surface area contributed by atoms with Crippen LogP contribution in [0.2, 0.25) is 0 Å². The molecule has 1 aromatic carbocycles. The number of carbonyl (C=O) groups excluding carboxylic acids is 3. The van der Waals surface area contributed by atoms with Crippen LogP contribution in [0.3, 0.4) is 0 Å². The monoisotopic (exact) mass is 339 g/mol. The first kappa shape index (κ1) is 16.6. The lowest BCUT2D eigenvalue weighted by atomic mass is 10.1. The molecule has 2 N–H and O–H groups in total. The van der Waals surface area contributed by atoms with Crippen LogP contribution in [-0.4, -0.2) is 29.3 Å². The number of aryl methyl sites for hydroxylation is 1. The number of nitrogens with zero attached hydrogens (tertiary/aromatic N) is 2. The summed E-state index contributed by atoms with van der Waals surface area (Å²) in [7, 11) is 0. The fourth-order valence-corrected chi connectivity index (χ4v) is 2.83. The van der Waals surface area contributed by atoms with Gasteiger partial charge in [-0.15, -0.1) is 0 Å². The molecule has 1 aromatic heterocycles. The Hall–Kier alpha value is -3.22. The van der Waals surface area contributed by atoms with E-state index >= 15 is 0 Å². The van der Waals surface area contributed by atoms with Gasteiger partial charge in [-0.2, -0.15) is 0 Å². The van der Waals surface area contributed by atoms with Gasteiger partial charge >= 0.3 is 11.9 Å². The lowest BCUT2D eigenvalue weighted by molar-refractivity contribution is -0.114. The summed E-state index contributed by atoms with van der Waals surface area (Å²) in [6.45, 7) is 3.63. The number of rotatable bonds is 4. The molecule has 25 heavy (non-hydrogen) atoms. The van der Waals surface area contributed by atoms with E-state index in [0.717, 1.165) is 5.56 Å². The van der Waals surface area contributed by atoms with Gasteiger partial charge in [0.25, 0.3) is 5.78 Å². The Kier molecular flexibility index (Phi) is 4.22. The molecule has 7 nitrogen and oxygen atoms in total. The van der Waals surface area contributed by atoms with E-state index in [9.17, 15) is 14.4 Å². The molecule has 0 unspecified atom stereocenters. The lowest BCUT2D eigenvalue weighted by Gasteiger charge is -2.17. The van der Waals surface area contributed by atoms with Crippen molar-refractivity contribution < 1.29 is 19.1 Å². The van der Waals surface area contributed by atoms with Crippen molar-refractivity contribution in [3.63, 3.8) is 0 Å². The Bertz CT molecular complexity index is 878. The molecule has 1 amide bonds. The third-order valence-corrected chi connectivity index (χ3v) is 3.98. The zero-order valence-electron chi connectivity index (χ0n) is 13.9. The molecule has 1 aliphatic heterocycles. The fraction of sp³-hybridized carbons (Fsp3) is 0.222. The smallest absolute Gasteiger partial charge is 0.342 e. The summed E-state index contributed by atoms with van der Waals surface area (Å²) in [5, 5.41) is 0. The Morgan fingerprint density at radius 2 is 1.92 bits per heavy atom. The standard InChI is InChI=1S/C18H17N3O4/c1-3-25-18(24)12-10(2)20-16-13(14(12)19)15(22)17(23)21(16)9-11-7-5-4-6-8-11/h4-8H,3,9H2,1-2H3,(H2,19,20). The number of hydrogen-bond acceptors (Lipinski definition) is 6. The summed E-state index contributed by atoms with van der Waals surface area (Å²) >= 11 is 0. The van der Waals surface area contributed by atoms with E-state index in [-0.39, 0.29) is 35.8 Å². The summed E-state index contributed by atoms with van der Waals surface area (Å²) in [5.41, 5.74) is 7.14. The second kappa shape index (κ2) is 6.35. The molecule has 0 saturated carbocycles. The van der Waals surface area contributed by atoms with Crippen LogP contribution in [0.25, 0.3) is 0 Å². The number of amides is 1. The molecule has 0 saturated heterocycles. The van der Waals surface area contributed by atoms with Crippen molar-refractivity contribution in [3.05, 3.63) is 52.7 Å². The van der Waals surface area contributed by atoms with Crippen molar-refractivity contribution >= 4 is 29.2 Å². The molecular weight excluding hydrogens is 322 g/mol. The minimum Gasteiger partial charge on any atom is -0.462 e. The number of ether oxygens (including phenoxy) is 1. The number of Topliss-reactive ketones (excluding diaryl/α,β-unsaturated/α-hetero) is 1. The highest BCUT2D eigenvalue weighted by atomic mass is 16.5. The molecule has 0 aliphatic carbocycles. The fourth-order valence-electron chi connectivity index (χ4n) is 2.83. The SMILES string of the molecule is CCOC(=O)c1c(C)nc2c(c1N)C(=O)C(=O)N2Cc1ccccc1. The van der Waals surface area contributed by atoms with Crippen molar-refractivity contribution in [3.8, 4) is 0 Å². The number of pyridine rings is 1. The highest BCUT2D eigenvalue weighted by Crippen LogP contribution is 2.35. The number of ketones is 1. The molecule has 0 fully saturated rings. The summed E-state index contributed by atoms with van der Waals surface area (Å²) in [5.74, 6) is -1.95. The Labute approximate surface area is 144 Å². The van der Waals surface area contributed by atoms with Gasteiger partial charge in [-0.25, -0.2) is 9.78 Å². The van der Waals surface area contributed by atoms with Crippen LogP contribution in [0, 0.1) is 6.92 Å². The van der Waals surface area contributed by atoms with Gasteiger partial charge in [0.15, 0.2) is 0 Å². The molecule has 2 aromatic rings. The van der Waals surface area contributed by atoms with Crippen LogP contribution in [0.5, 0.6) is 0 Å². The van der Waals surface area contributed by atoms with Crippen molar-refractivity contribution in [1.29, 1.82) is 0 Å². The average molecular weight is 339 g/mol. The number of esters is 1. The largest absolute Gasteiger partial charge is 0.462 e. The van der Waals surface area contributed by atoms with Gasteiger partial charge in [0.1, 0.15) is 11.4 Å². The van der Waals surface area contributed by atoms with Gasteiger partial charge in [-0.1, -0.05) is 30.3 Å². The number of hydrogen-bond donors (Lipinski definition) is 1. The number of nitrogens with two attached hydrogens (primary N) is 1. The van der Waals surface area contributed by atoms with Crippen LogP contribution in [0.1, 0.15) is 38.9 Å². The third-order valence-electron chi connectivity index (χ3n) is 3.98. The van der Waals surface area contributed by atoms with Gasteiger partial charge in [0.2, 0.25) is 0 Å². The maximum Gasteiger partial charge on any atom is 0.342 e. The van der Waals surface area contributed by atoms with Gasteiger partial charge in [0.05, 0.1) is 30.1 Å². The Morgan fingerprint density at radius 3 is 2.56 bits per heavy atom. The molecule has 1 aliphatic rings. The first-order chi connectivity index (χ1) is 12.0. The zero-order chi connectivity index (χ0) is 18.1. The summed E-state index contributed by atoms with van der Waals surface area (Å²) in [6.07, 6.45) is 0. The van der Waals surface area contributed by atoms with E-state index in [1.807, 2.05) is 30.3 Å². The minimum atomic E-state index is -0.763. The molecule has 7 heteroatoms. The van der Waals surface area contributed by atoms with E-state index in [4.69, 9.17) is 10.5 Å².